The summed E-state index contributed by atoms with van der Waals surface area (Å²) < 4.78 is 26.2. The Labute approximate surface area is 128 Å². The molecule has 0 radical (unpaired) electrons. The van der Waals surface area contributed by atoms with Crippen LogP contribution in [0.4, 0.5) is 0 Å². The minimum atomic E-state index is -3.98. The van der Waals surface area contributed by atoms with Crippen LogP contribution in [-0.4, -0.2) is 31.7 Å². The van der Waals surface area contributed by atoms with E-state index in [2.05, 4.69) is 0 Å². The number of carbonyl (C=O) groups excluding carboxylic acids is 1. The summed E-state index contributed by atoms with van der Waals surface area (Å²) in [5, 5.41) is 0.0199. The third kappa shape index (κ3) is 4.09. The number of hydrogen-bond donors (Lipinski definition) is 1. The highest BCUT2D eigenvalue weighted by atomic mass is 35.5. The third-order valence-corrected chi connectivity index (χ3v) is 5.19. The molecule has 1 aromatic carbocycles. The summed E-state index contributed by atoms with van der Waals surface area (Å²) in [4.78, 5) is 10.9. The van der Waals surface area contributed by atoms with Crippen molar-refractivity contribution in [2.24, 2.45) is 11.7 Å². The molecule has 0 aliphatic carbocycles. The lowest BCUT2D eigenvalue weighted by Crippen LogP contribution is -2.40. The van der Waals surface area contributed by atoms with Gasteiger partial charge in [-0.05, 0) is 18.1 Å². The van der Waals surface area contributed by atoms with Crippen molar-refractivity contribution in [1.82, 2.24) is 4.31 Å². The molecule has 1 amide bonds. The van der Waals surface area contributed by atoms with Crippen molar-refractivity contribution in [3.63, 3.8) is 0 Å². The summed E-state index contributed by atoms with van der Waals surface area (Å²) in [6.45, 7) is 3.39. The molecular weight excluding hydrogens is 323 g/mol. The van der Waals surface area contributed by atoms with Crippen molar-refractivity contribution < 1.29 is 13.2 Å². The standard InChI is InChI=1S/C12H16Cl2N2O3S/c1-8(2)6-16(7-11(15)17)20(18,19)12-9(13)4-3-5-10(12)14/h3-5,8H,6-7H2,1-2H3,(H2,15,17). The maximum Gasteiger partial charge on any atom is 0.246 e. The molecule has 0 spiro atoms. The first kappa shape index (κ1) is 17.2. The van der Waals surface area contributed by atoms with Crippen molar-refractivity contribution in [2.75, 3.05) is 13.1 Å². The zero-order chi connectivity index (χ0) is 15.5. The summed E-state index contributed by atoms with van der Waals surface area (Å²) in [5.41, 5.74) is 5.11. The molecule has 0 aliphatic heterocycles. The Morgan fingerprint density at radius 2 is 1.80 bits per heavy atom. The Morgan fingerprint density at radius 3 is 2.20 bits per heavy atom. The molecule has 0 aliphatic rings. The van der Waals surface area contributed by atoms with Gasteiger partial charge in [-0.15, -0.1) is 0 Å². The topological polar surface area (TPSA) is 80.5 Å². The van der Waals surface area contributed by atoms with Gasteiger partial charge < -0.3 is 5.73 Å². The quantitative estimate of drug-likeness (QED) is 0.862. The average molecular weight is 339 g/mol. The van der Waals surface area contributed by atoms with Gasteiger partial charge in [0, 0.05) is 6.54 Å². The first-order chi connectivity index (χ1) is 9.16. The maximum absolute atomic E-state index is 12.6. The van der Waals surface area contributed by atoms with Gasteiger partial charge in [-0.25, -0.2) is 8.42 Å². The molecule has 5 nitrogen and oxygen atoms in total. The molecule has 1 rings (SSSR count). The lowest BCUT2D eigenvalue weighted by molar-refractivity contribution is -0.118. The number of carbonyl (C=O) groups is 1. The number of halogens is 2. The van der Waals surface area contributed by atoms with Crippen LogP contribution in [0.3, 0.4) is 0 Å². The van der Waals surface area contributed by atoms with Crippen molar-refractivity contribution in [3.8, 4) is 0 Å². The molecule has 112 valence electrons. The highest BCUT2D eigenvalue weighted by molar-refractivity contribution is 7.89. The molecule has 0 unspecified atom stereocenters. The van der Waals surface area contributed by atoms with Gasteiger partial charge in [-0.1, -0.05) is 43.1 Å². The summed E-state index contributed by atoms with van der Waals surface area (Å²) >= 11 is 11.8. The number of nitrogens with two attached hydrogens (primary N) is 1. The highest BCUT2D eigenvalue weighted by Crippen LogP contribution is 2.31. The fourth-order valence-electron chi connectivity index (χ4n) is 1.69. The molecule has 0 saturated carbocycles. The Morgan fingerprint density at radius 1 is 1.30 bits per heavy atom. The molecule has 0 bridgehead atoms. The van der Waals surface area contributed by atoms with Gasteiger partial charge in [0.15, 0.2) is 0 Å². The lowest BCUT2D eigenvalue weighted by atomic mass is 10.2. The molecule has 2 N–H and O–H groups in total. The van der Waals surface area contributed by atoms with E-state index in [0.29, 0.717) is 0 Å². The minimum Gasteiger partial charge on any atom is -0.369 e. The van der Waals surface area contributed by atoms with Crippen LogP contribution in [-0.2, 0) is 14.8 Å². The van der Waals surface area contributed by atoms with Gasteiger partial charge in [0.05, 0.1) is 16.6 Å². The number of hydrogen-bond acceptors (Lipinski definition) is 3. The second-order valence-electron chi connectivity index (χ2n) is 4.71. The molecule has 0 fully saturated rings. The summed E-state index contributed by atoms with van der Waals surface area (Å²) in [5.74, 6) is -0.720. The predicted molar refractivity (Wildman–Crippen MR) is 79.3 cm³/mol. The molecule has 0 aromatic heterocycles. The summed E-state index contributed by atoms with van der Waals surface area (Å²) in [6, 6.07) is 4.40. The molecule has 0 heterocycles. The normalized spacial score (nSPS) is 12.1. The van der Waals surface area contributed by atoms with Crippen LogP contribution in [0.2, 0.25) is 10.0 Å². The van der Waals surface area contributed by atoms with Crippen molar-refractivity contribution >= 4 is 39.1 Å². The van der Waals surface area contributed by atoms with Crippen LogP contribution in [0.5, 0.6) is 0 Å². The van der Waals surface area contributed by atoms with Crippen LogP contribution in [0.1, 0.15) is 13.8 Å². The fourth-order valence-corrected chi connectivity index (χ4v) is 4.35. The van der Waals surface area contributed by atoms with E-state index in [4.69, 9.17) is 28.9 Å². The monoisotopic (exact) mass is 338 g/mol. The van der Waals surface area contributed by atoms with E-state index < -0.39 is 22.5 Å². The molecule has 0 saturated heterocycles. The van der Waals surface area contributed by atoms with Crippen LogP contribution in [0.25, 0.3) is 0 Å². The molecule has 0 atom stereocenters. The van der Waals surface area contributed by atoms with Crippen LogP contribution in [0.15, 0.2) is 23.1 Å². The number of sulfonamides is 1. The minimum absolute atomic E-state index is 0.00993. The van der Waals surface area contributed by atoms with E-state index in [1.807, 2.05) is 13.8 Å². The van der Waals surface area contributed by atoms with Gasteiger partial charge >= 0.3 is 0 Å². The fraction of sp³-hybridized carbons (Fsp3) is 0.417. The number of primary amides is 1. The Hall–Kier alpha value is -0.820. The van der Waals surface area contributed by atoms with Crippen LogP contribution < -0.4 is 5.73 Å². The van der Waals surface area contributed by atoms with Gasteiger partial charge in [0.2, 0.25) is 15.9 Å². The summed E-state index contributed by atoms with van der Waals surface area (Å²) in [6.07, 6.45) is 0. The Kier molecular flexibility index (Phi) is 5.82. The highest BCUT2D eigenvalue weighted by Gasteiger charge is 2.30. The zero-order valence-electron chi connectivity index (χ0n) is 11.1. The lowest BCUT2D eigenvalue weighted by Gasteiger charge is -2.23. The zero-order valence-corrected chi connectivity index (χ0v) is 13.5. The molecule has 20 heavy (non-hydrogen) atoms. The second-order valence-corrected chi connectivity index (χ2v) is 7.40. The van der Waals surface area contributed by atoms with E-state index in [0.717, 1.165) is 4.31 Å². The van der Waals surface area contributed by atoms with Gasteiger partial charge in [0.1, 0.15) is 4.90 Å². The Balaban J connectivity index is 3.32. The number of nitrogens with zero attached hydrogens (tertiary/aromatic N) is 1. The molecule has 1 aromatic rings. The Bertz CT molecular complexity index is 582. The van der Waals surface area contributed by atoms with E-state index in [9.17, 15) is 13.2 Å². The van der Waals surface area contributed by atoms with Gasteiger partial charge in [-0.2, -0.15) is 4.31 Å². The smallest absolute Gasteiger partial charge is 0.246 e. The summed E-state index contributed by atoms with van der Waals surface area (Å²) in [7, 11) is -3.98. The van der Waals surface area contributed by atoms with Crippen molar-refractivity contribution in [1.29, 1.82) is 0 Å². The van der Waals surface area contributed by atoms with E-state index >= 15 is 0 Å². The van der Waals surface area contributed by atoms with Gasteiger partial charge in [-0.3, -0.25) is 4.79 Å². The molecule has 8 heteroatoms. The second kappa shape index (κ2) is 6.76. The first-order valence-corrected chi connectivity index (χ1v) is 8.08. The van der Waals surface area contributed by atoms with E-state index in [1.54, 1.807) is 6.07 Å². The largest absolute Gasteiger partial charge is 0.369 e. The van der Waals surface area contributed by atoms with Crippen molar-refractivity contribution in [2.45, 2.75) is 18.7 Å². The van der Waals surface area contributed by atoms with Crippen LogP contribution >= 0.6 is 23.2 Å². The van der Waals surface area contributed by atoms with Gasteiger partial charge in [0.25, 0.3) is 0 Å². The number of amides is 1. The van der Waals surface area contributed by atoms with E-state index in [1.165, 1.54) is 12.1 Å². The first-order valence-electron chi connectivity index (χ1n) is 5.88. The van der Waals surface area contributed by atoms with E-state index in [-0.39, 0.29) is 27.4 Å². The number of rotatable bonds is 6. The SMILES string of the molecule is CC(C)CN(CC(N)=O)S(=O)(=O)c1c(Cl)cccc1Cl. The maximum atomic E-state index is 12.6. The van der Waals surface area contributed by atoms with Crippen molar-refractivity contribution in [3.05, 3.63) is 28.2 Å². The predicted octanol–water partition coefficient (Wildman–Crippen LogP) is 2.13. The molecular formula is C12H16Cl2N2O3S. The third-order valence-electron chi connectivity index (χ3n) is 2.42. The number of benzene rings is 1. The van der Waals surface area contributed by atoms with Crippen LogP contribution in [0, 0.1) is 5.92 Å². The average Bonchev–Trinajstić information content (AvgIpc) is 2.26.